The van der Waals surface area contributed by atoms with E-state index in [1.807, 2.05) is 12.3 Å². The third-order valence-electron chi connectivity index (χ3n) is 3.93. The lowest BCUT2D eigenvalue weighted by atomic mass is 9.96. The Labute approximate surface area is 144 Å². The number of carbonyl (C=O) groups is 1. The Kier molecular flexibility index (Phi) is 7.21. The summed E-state index contributed by atoms with van der Waals surface area (Å²) in [6.45, 7) is 4.43. The van der Waals surface area contributed by atoms with Gasteiger partial charge in [-0.1, -0.05) is 56.2 Å². The first kappa shape index (κ1) is 17.9. The van der Waals surface area contributed by atoms with Gasteiger partial charge in [-0.05, 0) is 35.6 Å². The highest BCUT2D eigenvalue weighted by Crippen LogP contribution is 2.24. The third kappa shape index (κ3) is 5.65. The standard InChI is InChI=1S/C21H26N2O/c1-3-4-5-8-21(20-7-6-14-22-16-20)19-11-9-18(10-12-19)13-15-23-17(2)24/h6-12,14,16H,3-5,13,15H2,1-2H3,(H,23,24)/b21-8-. The SMILES string of the molecule is CCCC/C=C(/c1ccc(CCNC(C)=O)cc1)c1cccnc1. The van der Waals surface area contributed by atoms with Gasteiger partial charge < -0.3 is 5.32 Å². The summed E-state index contributed by atoms with van der Waals surface area (Å²) < 4.78 is 0. The van der Waals surface area contributed by atoms with Crippen LogP contribution in [-0.2, 0) is 11.2 Å². The topological polar surface area (TPSA) is 42.0 Å². The number of nitrogens with one attached hydrogen (secondary N) is 1. The zero-order valence-corrected chi connectivity index (χ0v) is 14.6. The molecule has 0 radical (unpaired) electrons. The Morgan fingerprint density at radius 2 is 1.96 bits per heavy atom. The zero-order valence-electron chi connectivity index (χ0n) is 14.6. The quantitative estimate of drug-likeness (QED) is 0.733. The molecule has 0 spiro atoms. The first-order valence-corrected chi connectivity index (χ1v) is 8.65. The number of pyridine rings is 1. The number of hydrogen-bond donors (Lipinski definition) is 1. The van der Waals surface area contributed by atoms with Crippen molar-refractivity contribution >= 4 is 11.5 Å². The molecule has 1 aromatic carbocycles. The van der Waals surface area contributed by atoms with E-state index in [2.05, 4.69) is 53.6 Å². The summed E-state index contributed by atoms with van der Waals surface area (Å²) in [4.78, 5) is 15.2. The van der Waals surface area contributed by atoms with Crippen LogP contribution < -0.4 is 5.32 Å². The second-order valence-electron chi connectivity index (χ2n) is 5.93. The van der Waals surface area contributed by atoms with Crippen molar-refractivity contribution in [3.63, 3.8) is 0 Å². The minimum Gasteiger partial charge on any atom is -0.356 e. The molecule has 1 aromatic heterocycles. The van der Waals surface area contributed by atoms with Gasteiger partial charge in [0.15, 0.2) is 0 Å². The van der Waals surface area contributed by atoms with Crippen LogP contribution in [-0.4, -0.2) is 17.4 Å². The highest BCUT2D eigenvalue weighted by atomic mass is 16.1. The molecule has 24 heavy (non-hydrogen) atoms. The maximum Gasteiger partial charge on any atom is 0.216 e. The Hall–Kier alpha value is -2.42. The highest BCUT2D eigenvalue weighted by molar-refractivity contribution is 5.79. The fraction of sp³-hybridized carbons (Fsp3) is 0.333. The van der Waals surface area contributed by atoms with Gasteiger partial charge >= 0.3 is 0 Å². The van der Waals surface area contributed by atoms with E-state index >= 15 is 0 Å². The fourth-order valence-corrected chi connectivity index (χ4v) is 2.61. The summed E-state index contributed by atoms with van der Waals surface area (Å²) in [5.41, 5.74) is 4.83. The monoisotopic (exact) mass is 322 g/mol. The molecule has 0 aliphatic rings. The molecule has 0 fully saturated rings. The summed E-state index contributed by atoms with van der Waals surface area (Å²) in [5, 5.41) is 2.83. The van der Waals surface area contributed by atoms with Crippen molar-refractivity contribution in [2.45, 2.75) is 39.5 Å². The maximum atomic E-state index is 10.9. The molecule has 0 aliphatic heterocycles. The summed E-state index contributed by atoms with van der Waals surface area (Å²) in [5.74, 6) is 0.0179. The number of benzene rings is 1. The van der Waals surface area contributed by atoms with E-state index in [4.69, 9.17) is 0 Å². The molecular weight excluding hydrogens is 296 g/mol. The molecule has 1 heterocycles. The number of nitrogens with zero attached hydrogens (tertiary/aromatic N) is 1. The lowest BCUT2D eigenvalue weighted by molar-refractivity contribution is -0.118. The summed E-state index contributed by atoms with van der Waals surface area (Å²) in [7, 11) is 0. The van der Waals surface area contributed by atoms with E-state index in [0.717, 1.165) is 18.4 Å². The minimum absolute atomic E-state index is 0.0179. The predicted octanol–water partition coefficient (Wildman–Crippen LogP) is 4.38. The van der Waals surface area contributed by atoms with Crippen LogP contribution >= 0.6 is 0 Å². The van der Waals surface area contributed by atoms with Crippen LogP contribution in [0.4, 0.5) is 0 Å². The van der Waals surface area contributed by atoms with E-state index in [0.29, 0.717) is 6.54 Å². The lowest BCUT2D eigenvalue weighted by Gasteiger charge is -2.10. The molecule has 3 nitrogen and oxygen atoms in total. The number of rotatable bonds is 8. The normalized spacial score (nSPS) is 11.3. The molecule has 2 aromatic rings. The maximum absolute atomic E-state index is 10.9. The van der Waals surface area contributed by atoms with E-state index in [-0.39, 0.29) is 5.91 Å². The number of aromatic nitrogens is 1. The molecular formula is C21H26N2O. The summed E-state index contributed by atoms with van der Waals surface area (Å²) >= 11 is 0. The average molecular weight is 322 g/mol. The molecule has 1 amide bonds. The van der Waals surface area contributed by atoms with Gasteiger partial charge in [0.25, 0.3) is 0 Å². The molecule has 126 valence electrons. The molecule has 0 atom stereocenters. The van der Waals surface area contributed by atoms with Crippen LogP contribution in [0.5, 0.6) is 0 Å². The van der Waals surface area contributed by atoms with E-state index in [1.165, 1.54) is 29.5 Å². The minimum atomic E-state index is 0.0179. The molecule has 1 N–H and O–H groups in total. The van der Waals surface area contributed by atoms with Crippen LogP contribution in [0.3, 0.4) is 0 Å². The lowest BCUT2D eigenvalue weighted by Crippen LogP contribution is -2.22. The largest absolute Gasteiger partial charge is 0.356 e. The van der Waals surface area contributed by atoms with Crippen LogP contribution in [0.25, 0.3) is 5.57 Å². The molecule has 2 rings (SSSR count). The van der Waals surface area contributed by atoms with Gasteiger partial charge in [0.2, 0.25) is 5.91 Å². The third-order valence-corrected chi connectivity index (χ3v) is 3.93. The van der Waals surface area contributed by atoms with Gasteiger partial charge in [0.1, 0.15) is 0 Å². The zero-order chi connectivity index (χ0) is 17.2. The Bertz CT molecular complexity index is 660. The number of amides is 1. The summed E-state index contributed by atoms with van der Waals surface area (Å²) in [6.07, 6.45) is 10.3. The van der Waals surface area contributed by atoms with Crippen LogP contribution in [0.2, 0.25) is 0 Å². The van der Waals surface area contributed by atoms with Gasteiger partial charge in [0, 0.05) is 31.4 Å². The molecule has 0 saturated carbocycles. The van der Waals surface area contributed by atoms with Crippen molar-refractivity contribution in [3.8, 4) is 0 Å². The van der Waals surface area contributed by atoms with Crippen molar-refractivity contribution in [3.05, 3.63) is 71.6 Å². The van der Waals surface area contributed by atoms with Crippen molar-refractivity contribution in [2.75, 3.05) is 6.54 Å². The van der Waals surface area contributed by atoms with Crippen LogP contribution in [0.15, 0.2) is 54.9 Å². The first-order chi connectivity index (χ1) is 11.7. The molecule has 0 bridgehead atoms. The molecule has 0 saturated heterocycles. The number of allylic oxidation sites excluding steroid dienone is 1. The second-order valence-corrected chi connectivity index (χ2v) is 5.93. The highest BCUT2D eigenvalue weighted by Gasteiger charge is 2.05. The molecule has 0 aliphatic carbocycles. The Balaban J connectivity index is 2.14. The van der Waals surface area contributed by atoms with Crippen molar-refractivity contribution in [2.24, 2.45) is 0 Å². The fourth-order valence-electron chi connectivity index (χ4n) is 2.61. The first-order valence-electron chi connectivity index (χ1n) is 8.65. The van der Waals surface area contributed by atoms with Gasteiger partial charge in [-0.15, -0.1) is 0 Å². The molecule has 3 heteroatoms. The van der Waals surface area contributed by atoms with Crippen LogP contribution in [0.1, 0.15) is 49.8 Å². The Morgan fingerprint density at radius 1 is 1.17 bits per heavy atom. The van der Waals surface area contributed by atoms with Crippen molar-refractivity contribution < 1.29 is 4.79 Å². The van der Waals surface area contributed by atoms with Crippen molar-refractivity contribution in [1.82, 2.24) is 10.3 Å². The van der Waals surface area contributed by atoms with E-state index in [1.54, 1.807) is 13.1 Å². The van der Waals surface area contributed by atoms with Gasteiger partial charge in [-0.25, -0.2) is 0 Å². The predicted molar refractivity (Wildman–Crippen MR) is 99.7 cm³/mol. The number of unbranched alkanes of at least 4 members (excludes halogenated alkanes) is 2. The van der Waals surface area contributed by atoms with Gasteiger partial charge in [-0.3, -0.25) is 9.78 Å². The van der Waals surface area contributed by atoms with Gasteiger partial charge in [0.05, 0.1) is 0 Å². The summed E-state index contributed by atoms with van der Waals surface area (Å²) in [6, 6.07) is 12.7. The van der Waals surface area contributed by atoms with E-state index < -0.39 is 0 Å². The van der Waals surface area contributed by atoms with Crippen molar-refractivity contribution in [1.29, 1.82) is 0 Å². The number of hydrogen-bond acceptors (Lipinski definition) is 2. The average Bonchev–Trinajstić information content (AvgIpc) is 2.60. The van der Waals surface area contributed by atoms with E-state index in [9.17, 15) is 4.79 Å². The second kappa shape index (κ2) is 9.66. The van der Waals surface area contributed by atoms with Gasteiger partial charge in [-0.2, -0.15) is 0 Å². The number of carbonyl (C=O) groups excluding carboxylic acids is 1. The molecule has 0 unspecified atom stereocenters. The Morgan fingerprint density at radius 3 is 2.58 bits per heavy atom. The smallest absolute Gasteiger partial charge is 0.216 e. The van der Waals surface area contributed by atoms with Crippen LogP contribution in [0, 0.1) is 0 Å².